The van der Waals surface area contributed by atoms with Gasteiger partial charge in [-0.3, -0.25) is 0 Å². The van der Waals surface area contributed by atoms with Gasteiger partial charge in [0.15, 0.2) is 0 Å². The van der Waals surface area contributed by atoms with Gasteiger partial charge in [-0.1, -0.05) is 0 Å². The quantitative estimate of drug-likeness (QED) is 0.522. The van der Waals surface area contributed by atoms with Crippen LogP contribution in [0.4, 0.5) is 0 Å². The second kappa shape index (κ2) is 23.7. The van der Waals surface area contributed by atoms with Crippen molar-refractivity contribution in [1.29, 1.82) is 0 Å². The molecule has 5 heteroatoms. The summed E-state index contributed by atoms with van der Waals surface area (Å²) in [6, 6.07) is 20.0. The molecule has 0 heterocycles. The van der Waals surface area contributed by atoms with Crippen LogP contribution in [0.5, 0.6) is 0 Å². The Morgan fingerprint density at radius 1 is 0.467 bits per heavy atom. The first kappa shape index (κ1) is 29.4. The molecule has 2 rings (SSSR count). The van der Waals surface area contributed by atoms with E-state index in [1.54, 1.807) is 0 Å². The Labute approximate surface area is 120 Å². The molecule has 0 aliphatic carbocycles. The van der Waals surface area contributed by atoms with Crippen molar-refractivity contribution in [2.45, 2.75) is 0 Å². The van der Waals surface area contributed by atoms with Crippen molar-refractivity contribution in [3.05, 3.63) is 60.7 Å². The van der Waals surface area contributed by atoms with Crippen molar-refractivity contribution in [3.8, 4) is 0 Å². The molecule has 0 radical (unpaired) electrons. The minimum atomic E-state index is 0. The SMILES string of the molecule is [O-2].[O-2].[O-2].[Ti+4].[Ti+4].c1cc[cH-]c1.c1cc[cH-]c1. The molecule has 0 aliphatic rings. The molecule has 0 N–H and O–H groups in total. The molecule has 0 unspecified atom stereocenters. The van der Waals surface area contributed by atoms with Crippen molar-refractivity contribution in [1.82, 2.24) is 0 Å². The predicted octanol–water partition coefficient (Wildman–Crippen LogP) is 2.45. The summed E-state index contributed by atoms with van der Waals surface area (Å²) in [4.78, 5) is 0. The molecule has 76 valence electrons. The van der Waals surface area contributed by atoms with Crippen LogP contribution < -0.4 is 0 Å². The first-order valence-electron chi connectivity index (χ1n) is 3.33. The second-order valence-electron chi connectivity index (χ2n) is 1.92. The Morgan fingerprint density at radius 2 is 0.667 bits per heavy atom. The predicted molar refractivity (Wildman–Crippen MR) is 46.1 cm³/mol. The zero-order valence-corrected chi connectivity index (χ0v) is 11.1. The molecule has 0 aromatic heterocycles. The maximum Gasteiger partial charge on any atom is 4.00 e. The molecule has 0 fully saturated rings. The zero-order valence-electron chi connectivity index (χ0n) is 8.00. The van der Waals surface area contributed by atoms with Gasteiger partial charge in [0.25, 0.3) is 0 Å². The largest absolute Gasteiger partial charge is 4.00 e. The fourth-order valence-corrected chi connectivity index (χ4v) is 0.642. The third-order valence-corrected chi connectivity index (χ3v) is 1.11. The average Bonchev–Trinajstić information content (AvgIpc) is 2.67. The molecular weight excluding hydrogens is 264 g/mol. The first-order valence-corrected chi connectivity index (χ1v) is 3.33. The molecule has 2 aromatic rings. The van der Waals surface area contributed by atoms with E-state index in [2.05, 4.69) is 0 Å². The van der Waals surface area contributed by atoms with Gasteiger partial charge >= 0.3 is 43.4 Å². The Hall–Kier alpha value is 0.00857. The van der Waals surface area contributed by atoms with E-state index >= 15 is 0 Å². The molecule has 15 heavy (non-hydrogen) atoms. The van der Waals surface area contributed by atoms with Crippen LogP contribution in [0.1, 0.15) is 0 Å². The third-order valence-electron chi connectivity index (χ3n) is 1.11. The van der Waals surface area contributed by atoms with Gasteiger partial charge in [0.2, 0.25) is 0 Å². The van der Waals surface area contributed by atoms with E-state index in [9.17, 15) is 0 Å². The minimum Gasteiger partial charge on any atom is -2.00 e. The molecule has 0 saturated carbocycles. The average molecular weight is 274 g/mol. The summed E-state index contributed by atoms with van der Waals surface area (Å²) >= 11 is 0. The molecule has 0 amide bonds. The van der Waals surface area contributed by atoms with Gasteiger partial charge in [-0.2, -0.15) is 36.4 Å². The van der Waals surface area contributed by atoms with Crippen LogP contribution in [0.3, 0.4) is 0 Å². The molecule has 0 aliphatic heterocycles. The zero-order chi connectivity index (χ0) is 7.07. The van der Waals surface area contributed by atoms with Gasteiger partial charge in [0.05, 0.1) is 0 Å². The summed E-state index contributed by atoms with van der Waals surface area (Å²) < 4.78 is 0. The molecule has 3 nitrogen and oxygen atoms in total. The number of hydrogen-bond acceptors (Lipinski definition) is 0. The maximum atomic E-state index is 2.00. The molecule has 0 atom stereocenters. The van der Waals surface area contributed by atoms with Crippen LogP contribution >= 0.6 is 0 Å². The van der Waals surface area contributed by atoms with E-state index in [0.29, 0.717) is 0 Å². The Balaban J connectivity index is -0.0000000333. The minimum absolute atomic E-state index is 0. The van der Waals surface area contributed by atoms with E-state index in [4.69, 9.17) is 0 Å². The van der Waals surface area contributed by atoms with E-state index < -0.39 is 0 Å². The van der Waals surface area contributed by atoms with Crippen molar-refractivity contribution in [3.63, 3.8) is 0 Å². The van der Waals surface area contributed by atoms with Crippen LogP contribution in [-0.2, 0) is 59.9 Å². The number of hydrogen-bond donors (Lipinski definition) is 0. The van der Waals surface area contributed by atoms with Crippen LogP contribution in [0, 0.1) is 0 Å². The summed E-state index contributed by atoms with van der Waals surface area (Å²) in [5.74, 6) is 0. The third kappa shape index (κ3) is 20.2. The second-order valence-corrected chi connectivity index (χ2v) is 1.92. The van der Waals surface area contributed by atoms with Gasteiger partial charge in [-0.05, 0) is 0 Å². The standard InChI is InChI=1S/2C5H5.3O.2Ti/c2*1-2-4-5-3-1;;;;;/h2*1-5H;;;;;/q2*-1;3*-2;2*+4. The van der Waals surface area contributed by atoms with Gasteiger partial charge in [-0.25, -0.2) is 24.3 Å². The van der Waals surface area contributed by atoms with Crippen molar-refractivity contribution in [2.24, 2.45) is 0 Å². The van der Waals surface area contributed by atoms with E-state index in [1.165, 1.54) is 0 Å². The van der Waals surface area contributed by atoms with Gasteiger partial charge in [-0.15, -0.1) is 0 Å². The van der Waals surface area contributed by atoms with Crippen LogP contribution in [0.25, 0.3) is 0 Å². The van der Waals surface area contributed by atoms with Crippen molar-refractivity contribution < 1.29 is 59.9 Å². The Bertz CT molecular complexity index is 158. The monoisotopic (exact) mass is 274 g/mol. The Kier molecular flexibility index (Phi) is 46.4. The normalized spacial score (nSPS) is 5.33. The molecule has 0 saturated heterocycles. The van der Waals surface area contributed by atoms with E-state index in [1.807, 2.05) is 60.7 Å². The smallest absolute Gasteiger partial charge is 2.00 e. The maximum absolute atomic E-state index is 2.00. The Morgan fingerprint density at radius 3 is 0.733 bits per heavy atom. The summed E-state index contributed by atoms with van der Waals surface area (Å²) in [6.07, 6.45) is 0. The van der Waals surface area contributed by atoms with E-state index in [-0.39, 0.29) is 59.9 Å². The fraction of sp³-hybridized carbons (Fsp3) is 0. The summed E-state index contributed by atoms with van der Waals surface area (Å²) in [5, 5.41) is 0. The topological polar surface area (TPSA) is 85.5 Å². The fourth-order valence-electron chi connectivity index (χ4n) is 0.642. The van der Waals surface area contributed by atoms with Crippen molar-refractivity contribution >= 4 is 0 Å². The first-order chi connectivity index (χ1) is 5.00. The molecule has 2 aromatic carbocycles. The van der Waals surface area contributed by atoms with Crippen molar-refractivity contribution in [2.75, 3.05) is 0 Å². The van der Waals surface area contributed by atoms with Gasteiger partial charge in [0, 0.05) is 0 Å². The molecule has 0 spiro atoms. The summed E-state index contributed by atoms with van der Waals surface area (Å²) in [5.41, 5.74) is 0. The van der Waals surface area contributed by atoms with E-state index in [0.717, 1.165) is 0 Å². The van der Waals surface area contributed by atoms with Crippen LogP contribution in [0.2, 0.25) is 0 Å². The molecule has 0 bridgehead atoms. The molecular formula is C10H10O3Ti2. The van der Waals surface area contributed by atoms with Crippen LogP contribution in [-0.4, -0.2) is 0 Å². The number of rotatable bonds is 0. The summed E-state index contributed by atoms with van der Waals surface area (Å²) in [7, 11) is 0. The van der Waals surface area contributed by atoms with Gasteiger partial charge < -0.3 is 16.4 Å². The summed E-state index contributed by atoms with van der Waals surface area (Å²) in [6.45, 7) is 0. The van der Waals surface area contributed by atoms with Gasteiger partial charge in [0.1, 0.15) is 0 Å². The van der Waals surface area contributed by atoms with Crippen LogP contribution in [0.15, 0.2) is 60.7 Å².